The number of aromatic amines is 1. The highest BCUT2D eigenvalue weighted by atomic mass is 32.1. The molecule has 0 spiro atoms. The fourth-order valence-electron chi connectivity index (χ4n) is 2.03. The second-order valence-electron chi connectivity index (χ2n) is 4.85. The molecule has 2 aromatic rings. The first-order valence-electron chi connectivity index (χ1n) is 6.63. The molecule has 0 unspecified atom stereocenters. The molecule has 0 aromatic carbocycles. The largest absolute Gasteiger partial charge is 0.408 e. The van der Waals surface area contributed by atoms with Crippen molar-refractivity contribution in [2.24, 2.45) is 0 Å². The summed E-state index contributed by atoms with van der Waals surface area (Å²) >= 11 is 6.62. The molecule has 104 valence electrons. The highest BCUT2D eigenvalue weighted by Crippen LogP contribution is 2.37. The number of hydrogen-bond donors (Lipinski definition) is 1. The average Bonchev–Trinajstić information content (AvgIpc) is 2.97. The molecule has 2 rings (SSSR count). The normalized spacial score (nSPS) is 11.7. The number of nitrogens with zero attached hydrogens (tertiary/aromatic N) is 2. The molecule has 0 bridgehead atoms. The molecule has 1 N–H and O–H groups in total. The van der Waals surface area contributed by atoms with E-state index < -0.39 is 0 Å². The van der Waals surface area contributed by atoms with Gasteiger partial charge in [0.15, 0.2) is 0 Å². The first-order valence-corrected chi connectivity index (χ1v) is 7.85. The summed E-state index contributed by atoms with van der Waals surface area (Å²) in [5.41, 5.74) is 1.05. The maximum atomic E-state index is 5.44. The quantitative estimate of drug-likeness (QED) is 0.799. The van der Waals surface area contributed by atoms with Crippen LogP contribution in [0, 0.1) is 4.84 Å². The molecule has 0 amide bonds. The molecule has 0 fully saturated rings. The third kappa shape index (κ3) is 2.95. The van der Waals surface area contributed by atoms with Crippen molar-refractivity contribution in [3.05, 3.63) is 15.5 Å². The Bertz CT molecular complexity index is 593. The molecular formula is C13H19N3OS2. The van der Waals surface area contributed by atoms with Crippen LogP contribution in [0.15, 0.2) is 4.42 Å². The molecule has 2 aromatic heterocycles. The van der Waals surface area contributed by atoms with Crippen LogP contribution in [0.3, 0.4) is 0 Å². The molecule has 0 aliphatic rings. The Morgan fingerprint density at radius 3 is 2.47 bits per heavy atom. The van der Waals surface area contributed by atoms with E-state index in [-0.39, 0.29) is 0 Å². The summed E-state index contributed by atoms with van der Waals surface area (Å²) in [6.45, 7) is 8.67. The molecule has 2 heterocycles. The van der Waals surface area contributed by atoms with Crippen LogP contribution in [0.4, 0.5) is 0 Å². The zero-order valence-electron chi connectivity index (χ0n) is 11.7. The molecule has 19 heavy (non-hydrogen) atoms. The van der Waals surface area contributed by atoms with E-state index >= 15 is 0 Å². The lowest BCUT2D eigenvalue weighted by Crippen LogP contribution is -1.96. The molecular weight excluding hydrogens is 278 g/mol. The van der Waals surface area contributed by atoms with Gasteiger partial charge in [-0.25, -0.2) is 10.1 Å². The van der Waals surface area contributed by atoms with Crippen molar-refractivity contribution in [1.29, 1.82) is 0 Å². The summed E-state index contributed by atoms with van der Waals surface area (Å²) < 4.78 is 5.44. The summed E-state index contributed by atoms with van der Waals surface area (Å²) in [5, 5.41) is 7.98. The van der Waals surface area contributed by atoms with Crippen LogP contribution in [0.5, 0.6) is 0 Å². The highest BCUT2D eigenvalue weighted by Gasteiger charge is 2.22. The molecule has 0 saturated carbocycles. The predicted molar refractivity (Wildman–Crippen MR) is 80.2 cm³/mol. The molecule has 0 saturated heterocycles. The van der Waals surface area contributed by atoms with Gasteiger partial charge in [0.2, 0.25) is 0 Å². The molecule has 0 aliphatic carbocycles. The van der Waals surface area contributed by atoms with E-state index in [2.05, 4.69) is 37.9 Å². The van der Waals surface area contributed by atoms with Gasteiger partial charge in [-0.3, -0.25) is 0 Å². The van der Waals surface area contributed by atoms with Gasteiger partial charge in [-0.1, -0.05) is 27.7 Å². The van der Waals surface area contributed by atoms with Crippen LogP contribution in [-0.2, 0) is 0 Å². The van der Waals surface area contributed by atoms with Crippen LogP contribution in [0.1, 0.15) is 63.1 Å². The van der Waals surface area contributed by atoms with Crippen LogP contribution in [0.25, 0.3) is 10.8 Å². The third-order valence-electron chi connectivity index (χ3n) is 3.18. The fraction of sp³-hybridized carbons (Fsp3) is 0.615. The van der Waals surface area contributed by atoms with E-state index in [9.17, 15) is 0 Å². The van der Waals surface area contributed by atoms with Gasteiger partial charge in [-0.15, -0.1) is 16.4 Å². The predicted octanol–water partition coefficient (Wildman–Crippen LogP) is 4.88. The lowest BCUT2D eigenvalue weighted by Gasteiger charge is -2.07. The topological polar surface area (TPSA) is 54.7 Å². The number of thiazole rings is 1. The summed E-state index contributed by atoms with van der Waals surface area (Å²) in [6.07, 6.45) is 2.20. The van der Waals surface area contributed by atoms with Gasteiger partial charge < -0.3 is 4.42 Å². The second kappa shape index (κ2) is 5.96. The molecule has 6 heteroatoms. The van der Waals surface area contributed by atoms with Crippen LogP contribution in [-0.4, -0.2) is 15.2 Å². The van der Waals surface area contributed by atoms with Crippen LogP contribution < -0.4 is 0 Å². The number of nitrogens with one attached hydrogen (secondary N) is 1. The van der Waals surface area contributed by atoms with Crippen LogP contribution in [0.2, 0.25) is 0 Å². The van der Waals surface area contributed by atoms with E-state index in [1.54, 1.807) is 11.3 Å². The minimum absolute atomic E-state index is 0.308. The van der Waals surface area contributed by atoms with Crippen molar-refractivity contribution in [2.75, 3.05) is 0 Å². The van der Waals surface area contributed by atoms with E-state index in [4.69, 9.17) is 21.6 Å². The lowest BCUT2D eigenvalue weighted by atomic mass is 10.0. The van der Waals surface area contributed by atoms with Crippen molar-refractivity contribution in [1.82, 2.24) is 15.2 Å². The minimum Gasteiger partial charge on any atom is -0.408 e. The minimum atomic E-state index is 0.308. The lowest BCUT2D eigenvalue weighted by molar-refractivity contribution is 0.552. The van der Waals surface area contributed by atoms with Gasteiger partial charge in [-0.05, 0) is 31.0 Å². The van der Waals surface area contributed by atoms with Gasteiger partial charge in [0.05, 0.1) is 10.7 Å². The van der Waals surface area contributed by atoms with Crippen molar-refractivity contribution in [3.8, 4) is 10.8 Å². The van der Waals surface area contributed by atoms with E-state index in [0.717, 1.165) is 23.4 Å². The highest BCUT2D eigenvalue weighted by molar-refractivity contribution is 7.71. The number of hydrogen-bond acceptors (Lipinski definition) is 5. The SMILES string of the molecule is CCC(CC)c1nc(C(C)C)c(-c2n[nH]c(=S)o2)s1. The Morgan fingerprint density at radius 2 is 2.00 bits per heavy atom. The summed E-state index contributed by atoms with van der Waals surface area (Å²) in [4.78, 5) is 6.12. The third-order valence-corrected chi connectivity index (χ3v) is 4.58. The zero-order valence-corrected chi connectivity index (χ0v) is 13.3. The standard InChI is InChI=1S/C13H19N3OS2/c1-5-8(6-2)12-14-9(7(3)4)10(19-12)11-15-16-13(18)17-11/h7-8H,5-6H2,1-4H3,(H,16,18). The first kappa shape index (κ1) is 14.4. The van der Waals surface area contributed by atoms with Crippen LogP contribution >= 0.6 is 23.6 Å². The first-order chi connectivity index (χ1) is 9.06. The van der Waals surface area contributed by atoms with E-state index in [1.807, 2.05) is 0 Å². The zero-order chi connectivity index (χ0) is 14.0. The Hall–Kier alpha value is -1.01. The van der Waals surface area contributed by atoms with Gasteiger partial charge in [0.25, 0.3) is 10.7 Å². The Labute approximate surface area is 122 Å². The van der Waals surface area contributed by atoms with Crippen molar-refractivity contribution in [2.45, 2.75) is 52.4 Å². The molecule has 4 nitrogen and oxygen atoms in total. The van der Waals surface area contributed by atoms with Crippen molar-refractivity contribution < 1.29 is 4.42 Å². The Morgan fingerprint density at radius 1 is 1.32 bits per heavy atom. The van der Waals surface area contributed by atoms with Gasteiger partial charge >= 0.3 is 0 Å². The van der Waals surface area contributed by atoms with Crippen molar-refractivity contribution >= 4 is 23.6 Å². The summed E-state index contributed by atoms with van der Waals surface area (Å²) in [7, 11) is 0. The average molecular weight is 297 g/mol. The maximum absolute atomic E-state index is 5.44. The maximum Gasteiger partial charge on any atom is 0.284 e. The molecule has 0 radical (unpaired) electrons. The number of rotatable bonds is 5. The smallest absolute Gasteiger partial charge is 0.284 e. The number of H-pyrrole nitrogens is 1. The second-order valence-corrected chi connectivity index (χ2v) is 6.25. The van der Waals surface area contributed by atoms with Gasteiger partial charge in [0, 0.05) is 5.92 Å². The monoisotopic (exact) mass is 297 g/mol. The fourth-order valence-corrected chi connectivity index (χ4v) is 3.57. The van der Waals surface area contributed by atoms with Gasteiger partial charge in [0.1, 0.15) is 4.88 Å². The summed E-state index contributed by atoms with van der Waals surface area (Å²) in [5.74, 6) is 1.41. The molecule has 0 atom stereocenters. The van der Waals surface area contributed by atoms with E-state index in [0.29, 0.717) is 22.6 Å². The van der Waals surface area contributed by atoms with E-state index in [1.165, 1.54) is 5.01 Å². The molecule has 0 aliphatic heterocycles. The number of aromatic nitrogens is 3. The van der Waals surface area contributed by atoms with Gasteiger partial charge in [-0.2, -0.15) is 0 Å². The summed E-state index contributed by atoms with van der Waals surface area (Å²) in [6, 6.07) is 0. The Balaban J connectivity index is 2.50. The Kier molecular flexibility index (Phi) is 4.52. The van der Waals surface area contributed by atoms with Crippen molar-refractivity contribution in [3.63, 3.8) is 0 Å².